The molecule has 0 bridgehead atoms. The number of hydrogen-bond acceptors (Lipinski definition) is 0. The molecule has 25 aromatic carbocycles. The summed E-state index contributed by atoms with van der Waals surface area (Å²) in [5.41, 5.74) is 29.3. The Kier molecular flexibility index (Phi) is 17.4. The van der Waals surface area contributed by atoms with E-state index in [0.29, 0.717) is 0 Å². The lowest BCUT2D eigenvalue weighted by molar-refractivity contribution is 0.769. The first-order valence-electron chi connectivity index (χ1n) is 46.3. The average molecular weight is 1680 g/mol. The van der Waals surface area contributed by atoms with Gasteiger partial charge in [-0.3, -0.25) is 0 Å². The highest BCUT2D eigenvalue weighted by Crippen LogP contribution is 2.58. The summed E-state index contributed by atoms with van der Waals surface area (Å²) >= 11 is 0. The molecule has 28 rings (SSSR count). The summed E-state index contributed by atoms with van der Waals surface area (Å²) in [6.07, 6.45) is 0. The molecule has 2 heteroatoms. The van der Waals surface area contributed by atoms with Gasteiger partial charge in [-0.25, -0.2) is 0 Å². The quantitative estimate of drug-likeness (QED) is 0.121. The molecule has 0 fully saturated rings. The van der Waals surface area contributed by atoms with E-state index in [9.17, 15) is 0 Å². The van der Waals surface area contributed by atoms with E-state index in [4.69, 9.17) is 0 Å². The normalized spacial score (nSPS) is 12.4. The molecule has 0 aliphatic heterocycles. The van der Waals surface area contributed by atoms with Crippen LogP contribution in [0.5, 0.6) is 0 Å². The topological polar surface area (TPSA) is 9.86 Å². The van der Waals surface area contributed by atoms with Gasteiger partial charge in [-0.1, -0.05) is 413 Å². The Labute approximate surface area is 769 Å². The van der Waals surface area contributed by atoms with Crippen molar-refractivity contribution in [3.63, 3.8) is 0 Å². The van der Waals surface area contributed by atoms with Crippen LogP contribution in [0.15, 0.2) is 497 Å². The van der Waals surface area contributed by atoms with E-state index in [1.165, 1.54) is 251 Å². The third-order valence-electron chi connectivity index (χ3n) is 28.9. The van der Waals surface area contributed by atoms with Gasteiger partial charge in [-0.2, -0.15) is 0 Å². The Hall–Kier alpha value is -17.3. The van der Waals surface area contributed by atoms with Crippen molar-refractivity contribution in [2.45, 2.75) is 5.41 Å². The van der Waals surface area contributed by atoms with E-state index in [1.807, 2.05) is 0 Å². The van der Waals surface area contributed by atoms with Crippen LogP contribution >= 0.6 is 0 Å². The van der Waals surface area contributed by atoms with Crippen LogP contribution in [0.1, 0.15) is 22.3 Å². The zero-order valence-electron chi connectivity index (χ0n) is 72.7. The third kappa shape index (κ3) is 11.8. The van der Waals surface area contributed by atoms with Crippen LogP contribution in [0.25, 0.3) is 241 Å². The lowest BCUT2D eigenvalue weighted by atomic mass is 9.67. The van der Waals surface area contributed by atoms with Crippen LogP contribution in [0.3, 0.4) is 0 Å². The zero-order valence-corrected chi connectivity index (χ0v) is 72.7. The van der Waals surface area contributed by atoms with E-state index >= 15 is 0 Å². The average Bonchev–Trinajstić information content (AvgIpc) is 1.55. The number of fused-ring (bicyclic) bond motifs is 23. The molecule has 616 valence electrons. The molecule has 1 aliphatic carbocycles. The minimum absolute atomic E-state index is 0.471. The smallest absolute Gasteiger partial charge is 0.0713 e. The number of hydrogen-bond donors (Lipinski definition) is 0. The maximum Gasteiger partial charge on any atom is 0.0713 e. The third-order valence-corrected chi connectivity index (χ3v) is 28.9. The standard InChI is InChI=1S/C75H47N.C56H35N/c1-4-20-49(21-5-1)71-61-29-12-14-31-63(61)72(64-32-15-13-30-62(64)71)50-35-40-56(41-36-50)76-69-43-38-48-19-10-11-27-58(48)73(69)74-66-46-51-22-18-33-57(65(51)45-52(66)39-44-70(74)76)53-37-42-60-59-28-16-17-34-67(59)75(68(60)47-53,54-23-6-2-7-24-54)55-25-8-3-9-26-55;1-3-14-38(15-4-1)53-46-21-11-12-22-47(46)54(39-16-5-2-6-17-39)50-35-42(25-30-48(50)53)36-23-28-44(29-24-36)57-51-31-26-37-13-9-10-20-45(37)55(51)56-49-34-41-19-8-7-18-40(41)33-43(49)27-32-52(56)57/h1-47H;1-35H. The van der Waals surface area contributed by atoms with Gasteiger partial charge in [-0.05, 0) is 293 Å². The van der Waals surface area contributed by atoms with Gasteiger partial charge in [0.05, 0.1) is 27.5 Å². The van der Waals surface area contributed by atoms with E-state index in [2.05, 4.69) is 507 Å². The van der Waals surface area contributed by atoms with Crippen molar-refractivity contribution in [1.29, 1.82) is 0 Å². The van der Waals surface area contributed by atoms with Crippen LogP contribution in [0.4, 0.5) is 0 Å². The van der Waals surface area contributed by atoms with Crippen LogP contribution in [-0.2, 0) is 5.41 Å². The van der Waals surface area contributed by atoms with E-state index in [1.54, 1.807) is 0 Å². The fourth-order valence-electron chi connectivity index (χ4n) is 23.2. The molecular weight excluding hydrogens is 1600 g/mol. The van der Waals surface area contributed by atoms with Crippen LogP contribution in [-0.4, -0.2) is 9.13 Å². The first-order chi connectivity index (χ1) is 66.0. The lowest BCUT2D eigenvalue weighted by Crippen LogP contribution is -2.28. The molecule has 27 aromatic rings. The molecule has 0 saturated heterocycles. The molecule has 2 nitrogen and oxygen atoms in total. The largest absolute Gasteiger partial charge is 0.309 e. The Morgan fingerprint density at radius 2 is 0.459 bits per heavy atom. The summed E-state index contributed by atoms with van der Waals surface area (Å²) in [6.45, 7) is 0. The summed E-state index contributed by atoms with van der Waals surface area (Å²) < 4.78 is 4.95. The van der Waals surface area contributed by atoms with Crippen molar-refractivity contribution in [2.24, 2.45) is 0 Å². The highest BCUT2D eigenvalue weighted by molar-refractivity contribution is 6.32. The van der Waals surface area contributed by atoms with Crippen molar-refractivity contribution in [2.75, 3.05) is 0 Å². The maximum atomic E-state index is 2.49. The number of aromatic nitrogens is 2. The highest BCUT2D eigenvalue weighted by Gasteiger charge is 2.46. The lowest BCUT2D eigenvalue weighted by Gasteiger charge is -2.34. The van der Waals surface area contributed by atoms with Crippen molar-refractivity contribution >= 4 is 151 Å². The molecule has 133 heavy (non-hydrogen) atoms. The molecular formula is C131H82N2. The Morgan fingerprint density at radius 1 is 0.143 bits per heavy atom. The molecule has 0 unspecified atom stereocenters. The fourth-order valence-corrected chi connectivity index (χ4v) is 23.2. The number of rotatable bonds is 10. The first kappa shape index (κ1) is 75.8. The molecule has 0 spiro atoms. The van der Waals surface area contributed by atoms with Gasteiger partial charge in [0, 0.05) is 32.9 Å². The van der Waals surface area contributed by atoms with Crippen LogP contribution in [0.2, 0.25) is 0 Å². The Bertz CT molecular complexity index is 9360. The van der Waals surface area contributed by atoms with E-state index in [-0.39, 0.29) is 0 Å². The molecule has 0 N–H and O–H groups in total. The summed E-state index contributed by atoms with van der Waals surface area (Å²) in [6, 6.07) is 185. The summed E-state index contributed by atoms with van der Waals surface area (Å²) in [7, 11) is 0. The second kappa shape index (κ2) is 30.4. The molecule has 2 aromatic heterocycles. The predicted molar refractivity (Wildman–Crippen MR) is 567 cm³/mol. The molecule has 0 atom stereocenters. The number of nitrogens with zero attached hydrogens (tertiary/aromatic N) is 2. The summed E-state index contributed by atoms with van der Waals surface area (Å²) in [4.78, 5) is 0. The molecule has 2 heterocycles. The van der Waals surface area contributed by atoms with Crippen molar-refractivity contribution in [3.05, 3.63) is 520 Å². The zero-order chi connectivity index (χ0) is 87.4. The first-order valence-corrected chi connectivity index (χ1v) is 46.3. The summed E-state index contributed by atoms with van der Waals surface area (Å²) in [5.74, 6) is 0. The Balaban J connectivity index is 0.000000141. The van der Waals surface area contributed by atoms with Gasteiger partial charge < -0.3 is 9.13 Å². The molecule has 1 aliphatic rings. The highest BCUT2D eigenvalue weighted by atomic mass is 15.0. The second-order valence-electron chi connectivity index (χ2n) is 35.8. The van der Waals surface area contributed by atoms with Gasteiger partial charge >= 0.3 is 0 Å². The summed E-state index contributed by atoms with van der Waals surface area (Å²) in [5, 5.41) is 30.3. The monoisotopic (exact) mass is 1680 g/mol. The minimum atomic E-state index is -0.471. The number of benzene rings is 25. The molecule has 0 amide bonds. The molecule has 0 radical (unpaired) electrons. The fraction of sp³-hybridized carbons (Fsp3) is 0.00763. The van der Waals surface area contributed by atoms with Crippen molar-refractivity contribution < 1.29 is 0 Å². The van der Waals surface area contributed by atoms with E-state index < -0.39 is 5.41 Å². The van der Waals surface area contributed by atoms with Gasteiger partial charge in [0.1, 0.15) is 0 Å². The molecule has 0 saturated carbocycles. The van der Waals surface area contributed by atoms with Gasteiger partial charge in [0.25, 0.3) is 0 Å². The minimum Gasteiger partial charge on any atom is -0.309 e. The van der Waals surface area contributed by atoms with Crippen molar-refractivity contribution in [3.8, 4) is 89.3 Å². The van der Waals surface area contributed by atoms with Gasteiger partial charge in [0.15, 0.2) is 0 Å². The second-order valence-corrected chi connectivity index (χ2v) is 35.8. The predicted octanol–water partition coefficient (Wildman–Crippen LogP) is 35.5. The maximum absolute atomic E-state index is 2.49. The Morgan fingerprint density at radius 3 is 0.947 bits per heavy atom. The van der Waals surface area contributed by atoms with Gasteiger partial charge in [0.2, 0.25) is 0 Å². The van der Waals surface area contributed by atoms with Crippen LogP contribution < -0.4 is 0 Å². The van der Waals surface area contributed by atoms with E-state index in [0.717, 1.165) is 11.4 Å². The van der Waals surface area contributed by atoms with Crippen LogP contribution in [0, 0.1) is 0 Å². The van der Waals surface area contributed by atoms with Crippen molar-refractivity contribution in [1.82, 2.24) is 9.13 Å². The SMILES string of the molecule is c1ccc(-c2c3ccccc3c(-c3ccc(-n4c5ccc6ccccc6c5c5c6cc7cccc(-c8ccc9c(c8)C(c8ccccc8)(c8ccccc8)c8ccccc8-9)c7cc6ccc54)cc3)c3ccccc23)cc1.c1ccc(-c2c3ccccc3c(-c3ccccc3)c3cc(-c4ccc(-n5c6ccc7ccccc7c6c6c7cc8ccccc8cc7ccc65)cc4)ccc23)cc1. The van der Waals surface area contributed by atoms with Gasteiger partial charge in [-0.15, -0.1) is 0 Å².